The van der Waals surface area contributed by atoms with Crippen molar-refractivity contribution in [1.29, 1.82) is 0 Å². The maximum atomic E-state index is 14.2. The molecular formula is C30H33N3O4. The first-order valence-corrected chi connectivity index (χ1v) is 13.1. The molecule has 0 unspecified atom stereocenters. The number of aryl methyl sites for hydroxylation is 3. The third-order valence-corrected chi connectivity index (χ3v) is 8.09. The number of nitrogens with one attached hydrogen (secondary N) is 2. The van der Waals surface area contributed by atoms with E-state index in [1.54, 1.807) is 4.90 Å². The van der Waals surface area contributed by atoms with Crippen LogP contribution in [0.3, 0.4) is 0 Å². The van der Waals surface area contributed by atoms with Crippen LogP contribution in [0.5, 0.6) is 0 Å². The summed E-state index contributed by atoms with van der Waals surface area (Å²) in [6.45, 7) is 7.67. The molecule has 0 radical (unpaired) electrons. The fourth-order valence-electron chi connectivity index (χ4n) is 6.53. The van der Waals surface area contributed by atoms with E-state index in [0.29, 0.717) is 11.4 Å². The summed E-state index contributed by atoms with van der Waals surface area (Å²) in [5, 5.41) is 6.08. The molecule has 0 aromatic heterocycles. The first-order valence-electron chi connectivity index (χ1n) is 13.1. The number of carbonyl (C=O) groups is 3. The monoisotopic (exact) mass is 499 g/mol. The Kier molecular flexibility index (Phi) is 5.35. The van der Waals surface area contributed by atoms with E-state index in [9.17, 15) is 14.4 Å². The van der Waals surface area contributed by atoms with Gasteiger partial charge < -0.3 is 15.4 Å². The topological polar surface area (TPSA) is 87.7 Å². The number of amides is 3. The van der Waals surface area contributed by atoms with Crippen LogP contribution in [0.4, 0.5) is 11.4 Å². The highest BCUT2D eigenvalue weighted by Gasteiger charge is 2.73. The molecule has 6 rings (SSSR count). The molecule has 2 N–H and O–H groups in total. The SMILES string of the molecule is Cc1ccccc1NC(=O)[C@@H]1[C@H]2C(=O)N(c3ccc4c(c3)CCC4)[C@H](C(=O)NC(C)(C)C)[C@]23C=C[C@H]1O3. The molecule has 4 aliphatic rings. The highest BCUT2D eigenvalue weighted by Crippen LogP contribution is 2.56. The quantitative estimate of drug-likeness (QED) is 0.628. The lowest BCUT2D eigenvalue weighted by atomic mass is 9.74. The lowest BCUT2D eigenvalue weighted by Gasteiger charge is -2.34. The highest BCUT2D eigenvalue weighted by atomic mass is 16.5. The van der Waals surface area contributed by atoms with Gasteiger partial charge in [0, 0.05) is 16.9 Å². The van der Waals surface area contributed by atoms with Crippen molar-refractivity contribution in [2.45, 2.75) is 70.2 Å². The van der Waals surface area contributed by atoms with Gasteiger partial charge in [0.05, 0.1) is 17.9 Å². The third kappa shape index (κ3) is 3.71. The molecule has 37 heavy (non-hydrogen) atoms. The van der Waals surface area contributed by atoms with Crippen molar-refractivity contribution < 1.29 is 19.1 Å². The van der Waals surface area contributed by atoms with Gasteiger partial charge in [-0.3, -0.25) is 19.3 Å². The molecule has 2 aromatic carbocycles. The Balaban J connectivity index is 1.41. The van der Waals surface area contributed by atoms with Gasteiger partial charge in [0.15, 0.2) is 0 Å². The van der Waals surface area contributed by atoms with Gasteiger partial charge in [-0.05, 0) is 81.8 Å². The molecule has 3 heterocycles. The molecule has 7 nitrogen and oxygen atoms in total. The number of hydrogen-bond acceptors (Lipinski definition) is 4. The van der Waals surface area contributed by atoms with Crippen molar-refractivity contribution in [3.8, 4) is 0 Å². The summed E-state index contributed by atoms with van der Waals surface area (Å²) < 4.78 is 6.45. The molecule has 2 bridgehead atoms. The molecule has 3 amide bonds. The van der Waals surface area contributed by atoms with Gasteiger partial charge in [-0.25, -0.2) is 0 Å². The predicted molar refractivity (Wildman–Crippen MR) is 141 cm³/mol. The van der Waals surface area contributed by atoms with Crippen LogP contribution in [-0.4, -0.2) is 41.0 Å². The van der Waals surface area contributed by atoms with Crippen molar-refractivity contribution in [3.05, 3.63) is 71.3 Å². The first-order chi connectivity index (χ1) is 17.6. The summed E-state index contributed by atoms with van der Waals surface area (Å²) >= 11 is 0. The van der Waals surface area contributed by atoms with Crippen molar-refractivity contribution in [2.75, 3.05) is 10.2 Å². The van der Waals surface area contributed by atoms with Crippen LogP contribution in [0.1, 0.15) is 43.9 Å². The van der Waals surface area contributed by atoms with Crippen LogP contribution in [0.15, 0.2) is 54.6 Å². The second-order valence-electron chi connectivity index (χ2n) is 11.8. The van der Waals surface area contributed by atoms with Crippen LogP contribution < -0.4 is 15.5 Å². The number of nitrogens with zero attached hydrogens (tertiary/aromatic N) is 1. The zero-order chi connectivity index (χ0) is 26.1. The molecule has 1 spiro atoms. The fraction of sp³-hybridized carbons (Fsp3) is 0.433. The lowest BCUT2D eigenvalue weighted by Crippen LogP contribution is -2.58. The van der Waals surface area contributed by atoms with E-state index in [4.69, 9.17) is 4.74 Å². The Labute approximate surface area is 217 Å². The van der Waals surface area contributed by atoms with E-state index < -0.39 is 35.1 Å². The minimum Gasteiger partial charge on any atom is -0.359 e. The van der Waals surface area contributed by atoms with Gasteiger partial charge in [0.25, 0.3) is 0 Å². The van der Waals surface area contributed by atoms with Gasteiger partial charge in [0.2, 0.25) is 17.7 Å². The molecule has 0 saturated carbocycles. The smallest absolute Gasteiger partial charge is 0.246 e. The Morgan fingerprint density at radius 2 is 1.81 bits per heavy atom. The van der Waals surface area contributed by atoms with E-state index in [2.05, 4.69) is 16.7 Å². The van der Waals surface area contributed by atoms with Crippen molar-refractivity contribution in [1.82, 2.24) is 5.32 Å². The molecule has 2 fully saturated rings. The largest absolute Gasteiger partial charge is 0.359 e. The van der Waals surface area contributed by atoms with E-state index in [-0.39, 0.29) is 17.7 Å². The van der Waals surface area contributed by atoms with Crippen molar-refractivity contribution >= 4 is 29.1 Å². The average molecular weight is 500 g/mol. The van der Waals surface area contributed by atoms with Gasteiger partial charge in [0.1, 0.15) is 11.6 Å². The summed E-state index contributed by atoms with van der Waals surface area (Å²) in [7, 11) is 0. The van der Waals surface area contributed by atoms with Crippen LogP contribution in [0.2, 0.25) is 0 Å². The number of hydrogen-bond donors (Lipinski definition) is 2. The molecular weight excluding hydrogens is 466 g/mol. The Morgan fingerprint density at radius 3 is 2.57 bits per heavy atom. The number of rotatable bonds is 4. The molecule has 7 heteroatoms. The van der Waals surface area contributed by atoms with Gasteiger partial charge in [-0.15, -0.1) is 0 Å². The Morgan fingerprint density at radius 1 is 1.05 bits per heavy atom. The number of fused-ring (bicyclic) bond motifs is 2. The lowest BCUT2D eigenvalue weighted by molar-refractivity contribution is -0.129. The zero-order valence-corrected chi connectivity index (χ0v) is 21.7. The molecule has 3 aliphatic heterocycles. The Hall–Kier alpha value is -3.45. The van der Waals surface area contributed by atoms with Gasteiger partial charge in [-0.1, -0.05) is 36.4 Å². The second-order valence-corrected chi connectivity index (χ2v) is 11.8. The van der Waals surface area contributed by atoms with Gasteiger partial charge >= 0.3 is 0 Å². The van der Waals surface area contributed by atoms with E-state index >= 15 is 0 Å². The summed E-state index contributed by atoms with van der Waals surface area (Å²) in [6.07, 6.45) is 6.19. The minimum absolute atomic E-state index is 0.246. The van der Waals surface area contributed by atoms with Crippen molar-refractivity contribution in [3.63, 3.8) is 0 Å². The van der Waals surface area contributed by atoms with Crippen LogP contribution in [0, 0.1) is 18.8 Å². The average Bonchev–Trinajstić information content (AvgIpc) is 3.59. The summed E-state index contributed by atoms with van der Waals surface area (Å²) in [5.74, 6) is -2.33. The standard InChI is InChI=1S/C30H33N3O4/c1-17-8-5-6-11-21(17)31-26(34)23-22-14-15-30(37-22)24(23)28(36)33(25(30)27(35)32-29(2,3)4)20-13-12-18-9-7-10-19(18)16-20/h5-6,8,11-16,22-25H,7,9-10H2,1-4H3,(H,31,34)(H,32,35)/t22-,23+,24+,25-,30+/m1/s1. The number of benzene rings is 2. The summed E-state index contributed by atoms with van der Waals surface area (Å²) in [5.41, 5.74) is 3.12. The normalized spacial score (nSPS) is 29.4. The summed E-state index contributed by atoms with van der Waals surface area (Å²) in [6, 6.07) is 12.7. The predicted octanol–water partition coefficient (Wildman–Crippen LogP) is 3.69. The number of carbonyl (C=O) groups excluding carboxylic acids is 3. The zero-order valence-electron chi connectivity index (χ0n) is 21.7. The molecule has 2 saturated heterocycles. The molecule has 192 valence electrons. The molecule has 5 atom stereocenters. The summed E-state index contributed by atoms with van der Waals surface area (Å²) in [4.78, 5) is 43.3. The molecule has 1 aliphatic carbocycles. The van der Waals surface area contributed by atoms with Crippen LogP contribution in [-0.2, 0) is 32.0 Å². The van der Waals surface area contributed by atoms with Crippen LogP contribution >= 0.6 is 0 Å². The number of para-hydroxylation sites is 1. The molecule has 2 aromatic rings. The fourth-order valence-corrected chi connectivity index (χ4v) is 6.53. The van der Waals surface area contributed by atoms with E-state index in [1.165, 1.54) is 11.1 Å². The maximum absolute atomic E-state index is 14.2. The second kappa shape index (κ2) is 8.28. The Bertz CT molecular complexity index is 1340. The third-order valence-electron chi connectivity index (χ3n) is 8.09. The van der Waals surface area contributed by atoms with Crippen LogP contribution in [0.25, 0.3) is 0 Å². The number of anilines is 2. The van der Waals surface area contributed by atoms with Crippen molar-refractivity contribution in [2.24, 2.45) is 11.8 Å². The maximum Gasteiger partial charge on any atom is 0.246 e. The minimum atomic E-state index is -1.20. The first kappa shape index (κ1) is 23.9. The van der Waals surface area contributed by atoms with Gasteiger partial charge in [-0.2, -0.15) is 0 Å². The highest BCUT2D eigenvalue weighted by molar-refractivity contribution is 6.11. The van der Waals surface area contributed by atoms with E-state index in [0.717, 1.165) is 24.8 Å². The number of ether oxygens (including phenoxy) is 1. The van der Waals surface area contributed by atoms with E-state index in [1.807, 2.05) is 76.2 Å².